The van der Waals surface area contributed by atoms with Crippen molar-refractivity contribution in [1.82, 2.24) is 4.90 Å². The van der Waals surface area contributed by atoms with E-state index in [9.17, 15) is 4.79 Å². The molecule has 1 rings (SSSR count). The van der Waals surface area contributed by atoms with Crippen LogP contribution in [0.3, 0.4) is 0 Å². The van der Waals surface area contributed by atoms with Gasteiger partial charge >= 0.3 is 5.97 Å². The molecular formula is C14H28N2O2. The molecule has 4 heteroatoms. The summed E-state index contributed by atoms with van der Waals surface area (Å²) in [7, 11) is 0. The van der Waals surface area contributed by atoms with E-state index in [2.05, 4.69) is 11.8 Å². The van der Waals surface area contributed by atoms with Crippen LogP contribution in [0.25, 0.3) is 0 Å². The molecule has 0 aromatic heterocycles. The summed E-state index contributed by atoms with van der Waals surface area (Å²) in [6.07, 6.45) is 6.44. The van der Waals surface area contributed by atoms with E-state index < -0.39 is 11.5 Å². The zero-order valence-electron chi connectivity index (χ0n) is 11.8. The van der Waals surface area contributed by atoms with Crippen LogP contribution in [0.5, 0.6) is 0 Å². The van der Waals surface area contributed by atoms with Crippen molar-refractivity contribution >= 4 is 5.97 Å². The van der Waals surface area contributed by atoms with Crippen molar-refractivity contribution in [3.8, 4) is 0 Å². The molecular weight excluding hydrogens is 228 g/mol. The Bertz CT molecular complexity index is 267. The van der Waals surface area contributed by atoms with E-state index in [1.165, 1.54) is 32.4 Å². The molecule has 0 amide bonds. The van der Waals surface area contributed by atoms with Crippen molar-refractivity contribution in [3.05, 3.63) is 0 Å². The van der Waals surface area contributed by atoms with E-state index in [4.69, 9.17) is 10.8 Å². The van der Waals surface area contributed by atoms with Crippen LogP contribution in [0.1, 0.15) is 52.4 Å². The molecule has 1 fully saturated rings. The Morgan fingerprint density at radius 3 is 2.78 bits per heavy atom. The molecule has 0 aliphatic carbocycles. The maximum atomic E-state index is 10.9. The number of unbranched alkanes of at least 4 members (excludes halogenated alkanes) is 1. The van der Waals surface area contributed by atoms with Crippen LogP contribution in [0.2, 0.25) is 0 Å². The molecule has 0 saturated carbocycles. The van der Waals surface area contributed by atoms with Crippen molar-refractivity contribution in [1.29, 1.82) is 0 Å². The number of aliphatic carboxylic acids is 1. The predicted molar refractivity (Wildman–Crippen MR) is 73.5 cm³/mol. The number of nitrogens with zero attached hydrogens (tertiary/aromatic N) is 1. The molecule has 3 N–H and O–H groups in total. The van der Waals surface area contributed by atoms with Gasteiger partial charge in [-0.25, -0.2) is 0 Å². The first kappa shape index (κ1) is 15.4. The van der Waals surface area contributed by atoms with Crippen LogP contribution in [0.4, 0.5) is 0 Å². The first-order valence-corrected chi connectivity index (χ1v) is 7.16. The van der Waals surface area contributed by atoms with E-state index in [0.29, 0.717) is 6.42 Å². The summed E-state index contributed by atoms with van der Waals surface area (Å²) in [5.74, 6) is -0.0413. The molecule has 106 valence electrons. The van der Waals surface area contributed by atoms with Crippen molar-refractivity contribution in [2.45, 2.75) is 57.9 Å². The second-order valence-electron chi connectivity index (χ2n) is 6.06. The molecule has 1 saturated heterocycles. The van der Waals surface area contributed by atoms with Gasteiger partial charge in [-0.1, -0.05) is 6.92 Å². The second-order valence-corrected chi connectivity index (χ2v) is 6.06. The number of carboxylic acids is 1. The largest absolute Gasteiger partial charge is 0.480 e. The number of hydrogen-bond acceptors (Lipinski definition) is 3. The van der Waals surface area contributed by atoms with Crippen LogP contribution in [0.15, 0.2) is 0 Å². The fraction of sp³-hybridized carbons (Fsp3) is 0.929. The summed E-state index contributed by atoms with van der Waals surface area (Å²) in [5.41, 5.74) is 4.65. The van der Waals surface area contributed by atoms with Gasteiger partial charge in [0.1, 0.15) is 5.54 Å². The quantitative estimate of drug-likeness (QED) is 0.714. The minimum absolute atomic E-state index is 0.562. The number of nitrogens with two attached hydrogens (primary N) is 1. The van der Waals surface area contributed by atoms with E-state index in [0.717, 1.165) is 25.3 Å². The standard InChI is InChI=1S/C14H28N2O2/c1-12-6-5-10-16(11-7-12)9-4-3-8-14(2,15)13(17)18/h12H,3-11,15H2,1-2H3,(H,17,18). The minimum Gasteiger partial charge on any atom is -0.480 e. The number of likely N-dealkylation sites (tertiary alicyclic amines) is 1. The number of rotatable bonds is 6. The maximum absolute atomic E-state index is 10.9. The van der Waals surface area contributed by atoms with Gasteiger partial charge in [-0.2, -0.15) is 0 Å². The van der Waals surface area contributed by atoms with Gasteiger partial charge in [0.2, 0.25) is 0 Å². The summed E-state index contributed by atoms with van der Waals surface area (Å²) in [6.45, 7) is 7.41. The van der Waals surface area contributed by atoms with Gasteiger partial charge < -0.3 is 15.7 Å². The zero-order valence-corrected chi connectivity index (χ0v) is 11.8. The molecule has 1 aliphatic heterocycles. The van der Waals surface area contributed by atoms with E-state index in [-0.39, 0.29) is 0 Å². The highest BCUT2D eigenvalue weighted by molar-refractivity contribution is 5.77. The van der Waals surface area contributed by atoms with Crippen LogP contribution in [-0.2, 0) is 4.79 Å². The van der Waals surface area contributed by atoms with Crippen molar-refractivity contribution in [2.24, 2.45) is 11.7 Å². The smallest absolute Gasteiger partial charge is 0.323 e. The Morgan fingerprint density at radius 2 is 2.11 bits per heavy atom. The molecule has 0 aromatic carbocycles. The average Bonchev–Trinajstić information content (AvgIpc) is 2.49. The van der Waals surface area contributed by atoms with Gasteiger partial charge in [-0.15, -0.1) is 0 Å². The predicted octanol–water partition coefficient (Wildman–Crippen LogP) is 2.08. The van der Waals surface area contributed by atoms with Crippen LogP contribution >= 0.6 is 0 Å². The van der Waals surface area contributed by atoms with E-state index >= 15 is 0 Å². The summed E-state index contributed by atoms with van der Waals surface area (Å²) >= 11 is 0. The van der Waals surface area contributed by atoms with Gasteiger partial charge in [-0.3, -0.25) is 4.79 Å². The van der Waals surface area contributed by atoms with Gasteiger partial charge in [-0.05, 0) is 71.0 Å². The third kappa shape index (κ3) is 5.36. The molecule has 18 heavy (non-hydrogen) atoms. The highest BCUT2D eigenvalue weighted by Gasteiger charge is 2.26. The lowest BCUT2D eigenvalue weighted by Crippen LogP contribution is -2.44. The highest BCUT2D eigenvalue weighted by Crippen LogP contribution is 2.17. The lowest BCUT2D eigenvalue weighted by Gasteiger charge is -2.22. The molecule has 2 atom stereocenters. The Balaban J connectivity index is 2.16. The molecule has 2 unspecified atom stereocenters. The van der Waals surface area contributed by atoms with E-state index in [1.807, 2.05) is 0 Å². The van der Waals surface area contributed by atoms with Crippen LogP contribution < -0.4 is 5.73 Å². The summed E-state index contributed by atoms with van der Waals surface area (Å²) in [5, 5.41) is 8.92. The molecule has 1 heterocycles. The molecule has 0 bridgehead atoms. The van der Waals surface area contributed by atoms with E-state index in [1.54, 1.807) is 6.92 Å². The number of carboxylic acid groups (broad SMARTS) is 1. The number of carbonyl (C=O) groups is 1. The monoisotopic (exact) mass is 256 g/mol. The molecule has 0 spiro atoms. The van der Waals surface area contributed by atoms with Gasteiger partial charge in [0.15, 0.2) is 0 Å². The van der Waals surface area contributed by atoms with Gasteiger partial charge in [0.25, 0.3) is 0 Å². The van der Waals surface area contributed by atoms with Crippen molar-refractivity contribution in [2.75, 3.05) is 19.6 Å². The molecule has 1 aliphatic rings. The highest BCUT2D eigenvalue weighted by atomic mass is 16.4. The second kappa shape index (κ2) is 7.10. The Morgan fingerprint density at radius 1 is 1.39 bits per heavy atom. The van der Waals surface area contributed by atoms with Crippen molar-refractivity contribution < 1.29 is 9.90 Å². The van der Waals surface area contributed by atoms with Crippen LogP contribution in [-0.4, -0.2) is 41.1 Å². The summed E-state index contributed by atoms with van der Waals surface area (Å²) in [4.78, 5) is 13.4. The molecule has 0 radical (unpaired) electrons. The summed E-state index contributed by atoms with van der Waals surface area (Å²) < 4.78 is 0. The third-order valence-electron chi connectivity index (χ3n) is 4.02. The zero-order chi connectivity index (χ0) is 13.6. The molecule has 4 nitrogen and oxygen atoms in total. The fourth-order valence-electron chi connectivity index (χ4n) is 2.48. The minimum atomic E-state index is -1.06. The van der Waals surface area contributed by atoms with Gasteiger partial charge in [0, 0.05) is 0 Å². The maximum Gasteiger partial charge on any atom is 0.323 e. The van der Waals surface area contributed by atoms with Crippen LogP contribution in [0, 0.1) is 5.92 Å². The topological polar surface area (TPSA) is 66.6 Å². The van der Waals surface area contributed by atoms with Gasteiger partial charge in [0.05, 0.1) is 0 Å². The lowest BCUT2D eigenvalue weighted by atomic mass is 9.96. The Hall–Kier alpha value is -0.610. The average molecular weight is 256 g/mol. The normalized spacial score (nSPS) is 25.4. The Labute approximate surface area is 111 Å². The number of hydrogen-bond donors (Lipinski definition) is 2. The summed E-state index contributed by atoms with van der Waals surface area (Å²) in [6, 6.07) is 0. The fourth-order valence-corrected chi connectivity index (χ4v) is 2.48. The first-order chi connectivity index (χ1) is 8.42. The third-order valence-corrected chi connectivity index (χ3v) is 4.02. The molecule has 0 aromatic rings. The first-order valence-electron chi connectivity index (χ1n) is 7.16. The Kier molecular flexibility index (Phi) is 6.09. The lowest BCUT2D eigenvalue weighted by molar-refractivity contribution is -0.142. The SMILES string of the molecule is CC1CCCN(CCCCC(C)(N)C(=O)O)CC1. The van der Waals surface area contributed by atoms with Crippen molar-refractivity contribution in [3.63, 3.8) is 0 Å².